The molecule has 0 aliphatic carbocycles. The fourth-order valence-corrected chi connectivity index (χ4v) is 5.09. The van der Waals surface area contributed by atoms with Crippen molar-refractivity contribution in [3.8, 4) is 0 Å². The Hall–Kier alpha value is -3.27. The Balaban J connectivity index is 1.53. The van der Waals surface area contributed by atoms with Gasteiger partial charge in [-0.05, 0) is 70.6 Å². The van der Waals surface area contributed by atoms with Crippen molar-refractivity contribution in [2.75, 3.05) is 13.2 Å². The minimum Gasteiger partial charge on any atom is -0.377 e. The molecule has 6 nitrogen and oxygen atoms in total. The van der Waals surface area contributed by atoms with Gasteiger partial charge in [0.1, 0.15) is 0 Å². The van der Waals surface area contributed by atoms with Crippen molar-refractivity contribution < 1.29 is 17.9 Å². The molecule has 1 aliphatic heterocycles. The fourth-order valence-electron chi connectivity index (χ4n) is 4.96. The molecule has 1 aromatic heterocycles. The van der Waals surface area contributed by atoms with E-state index in [1.165, 1.54) is 12.1 Å². The van der Waals surface area contributed by atoms with Crippen LogP contribution in [0.1, 0.15) is 47.0 Å². The summed E-state index contributed by atoms with van der Waals surface area (Å²) in [5.41, 5.74) is 2.13. The Kier molecular flexibility index (Phi) is 8.60. The number of hydrogen-bond donors (Lipinski definition) is 0. The number of alkyl halides is 3. The quantitative estimate of drug-likeness (QED) is 0.228. The van der Waals surface area contributed by atoms with Crippen LogP contribution in [0, 0.1) is 0 Å². The van der Waals surface area contributed by atoms with Crippen LogP contribution in [0.3, 0.4) is 0 Å². The van der Waals surface area contributed by atoms with Crippen LogP contribution >= 0.6 is 11.6 Å². The molecule has 2 heterocycles. The molecule has 1 aliphatic rings. The van der Waals surface area contributed by atoms with Crippen LogP contribution in [-0.4, -0.2) is 44.4 Å². The SMILES string of the molecule is FC(F)(F)c1ccc([C@@H](c2nnnn2CCc2ccccc2)N(Cc2ccc(Cl)cc2)C[C@@H]2CCCO2)cc1. The first-order chi connectivity index (χ1) is 18.9. The average molecular weight is 556 g/mol. The molecule has 0 unspecified atom stereocenters. The maximum absolute atomic E-state index is 13.4. The summed E-state index contributed by atoms with van der Waals surface area (Å²) in [5.74, 6) is 0.567. The number of aryl methyl sites for hydroxylation is 2. The summed E-state index contributed by atoms with van der Waals surface area (Å²) in [6, 6.07) is 22.4. The first-order valence-electron chi connectivity index (χ1n) is 12.9. The second-order valence-corrected chi connectivity index (χ2v) is 10.1. The number of aromatic nitrogens is 4. The summed E-state index contributed by atoms with van der Waals surface area (Å²) >= 11 is 6.13. The number of rotatable bonds is 10. The molecular formula is C29H29ClF3N5O. The van der Waals surface area contributed by atoms with E-state index < -0.39 is 17.8 Å². The van der Waals surface area contributed by atoms with Crippen molar-refractivity contribution >= 4 is 11.6 Å². The second kappa shape index (κ2) is 12.3. The Labute approximate surface area is 230 Å². The highest BCUT2D eigenvalue weighted by molar-refractivity contribution is 6.30. The van der Waals surface area contributed by atoms with Crippen molar-refractivity contribution in [2.24, 2.45) is 0 Å². The van der Waals surface area contributed by atoms with E-state index in [0.717, 1.165) is 36.1 Å². The highest BCUT2D eigenvalue weighted by Gasteiger charge is 2.34. The molecule has 4 aromatic rings. The number of nitrogens with zero attached hydrogens (tertiary/aromatic N) is 5. The Morgan fingerprint density at radius 2 is 1.72 bits per heavy atom. The number of halogens is 4. The van der Waals surface area contributed by atoms with Gasteiger partial charge in [0.2, 0.25) is 0 Å². The molecule has 0 saturated carbocycles. The number of tetrazole rings is 1. The molecule has 39 heavy (non-hydrogen) atoms. The lowest BCUT2D eigenvalue weighted by Gasteiger charge is -2.33. The van der Waals surface area contributed by atoms with Crippen molar-refractivity contribution in [1.29, 1.82) is 0 Å². The van der Waals surface area contributed by atoms with Gasteiger partial charge in [-0.1, -0.05) is 66.2 Å². The predicted molar refractivity (Wildman–Crippen MR) is 142 cm³/mol. The monoisotopic (exact) mass is 555 g/mol. The summed E-state index contributed by atoms with van der Waals surface area (Å²) in [4.78, 5) is 2.19. The third kappa shape index (κ3) is 7.03. The molecule has 0 N–H and O–H groups in total. The van der Waals surface area contributed by atoms with Gasteiger partial charge in [-0.2, -0.15) is 13.2 Å². The highest BCUT2D eigenvalue weighted by atomic mass is 35.5. The smallest absolute Gasteiger partial charge is 0.377 e. The van der Waals surface area contributed by atoms with Gasteiger partial charge in [-0.3, -0.25) is 4.90 Å². The van der Waals surface area contributed by atoms with Gasteiger partial charge in [-0.25, -0.2) is 4.68 Å². The third-order valence-corrected chi connectivity index (χ3v) is 7.19. The van der Waals surface area contributed by atoms with Crippen LogP contribution in [0.2, 0.25) is 5.02 Å². The largest absolute Gasteiger partial charge is 0.416 e. The van der Waals surface area contributed by atoms with Gasteiger partial charge in [0.25, 0.3) is 0 Å². The van der Waals surface area contributed by atoms with E-state index in [1.807, 2.05) is 54.6 Å². The zero-order chi connectivity index (χ0) is 27.2. The van der Waals surface area contributed by atoms with Crippen molar-refractivity contribution in [3.05, 3.63) is 112 Å². The summed E-state index contributed by atoms with van der Waals surface area (Å²) in [5, 5.41) is 13.3. The number of ether oxygens (including phenoxy) is 1. The summed E-state index contributed by atoms with van der Waals surface area (Å²) in [7, 11) is 0. The van der Waals surface area contributed by atoms with E-state index in [2.05, 4.69) is 20.4 Å². The van der Waals surface area contributed by atoms with E-state index in [4.69, 9.17) is 16.3 Å². The van der Waals surface area contributed by atoms with E-state index in [0.29, 0.717) is 49.1 Å². The maximum atomic E-state index is 13.4. The van der Waals surface area contributed by atoms with Crippen LogP contribution in [-0.2, 0) is 30.4 Å². The van der Waals surface area contributed by atoms with E-state index in [1.54, 1.807) is 4.68 Å². The van der Waals surface area contributed by atoms with Gasteiger partial charge in [0.15, 0.2) is 5.82 Å². The normalized spacial score (nSPS) is 16.6. The van der Waals surface area contributed by atoms with Crippen LogP contribution in [0.15, 0.2) is 78.9 Å². The zero-order valence-corrected chi connectivity index (χ0v) is 22.0. The first-order valence-corrected chi connectivity index (χ1v) is 13.3. The number of hydrogen-bond acceptors (Lipinski definition) is 5. The van der Waals surface area contributed by atoms with Gasteiger partial charge < -0.3 is 4.74 Å². The van der Waals surface area contributed by atoms with Crippen LogP contribution in [0.5, 0.6) is 0 Å². The van der Waals surface area contributed by atoms with Crippen LogP contribution < -0.4 is 0 Å². The van der Waals surface area contributed by atoms with Gasteiger partial charge >= 0.3 is 6.18 Å². The molecule has 204 valence electrons. The zero-order valence-electron chi connectivity index (χ0n) is 21.3. The minimum absolute atomic E-state index is 0.00268. The molecule has 0 radical (unpaired) electrons. The van der Waals surface area contributed by atoms with E-state index in [9.17, 15) is 13.2 Å². The molecular weight excluding hydrogens is 527 g/mol. The summed E-state index contributed by atoms with van der Waals surface area (Å²) < 4.78 is 47.9. The second-order valence-electron chi connectivity index (χ2n) is 9.71. The summed E-state index contributed by atoms with van der Waals surface area (Å²) in [6.45, 7) is 2.30. The molecule has 0 bridgehead atoms. The Morgan fingerprint density at radius 3 is 2.38 bits per heavy atom. The molecule has 5 rings (SSSR count). The minimum atomic E-state index is -4.42. The van der Waals surface area contributed by atoms with Crippen LogP contribution in [0.25, 0.3) is 0 Å². The molecule has 10 heteroatoms. The summed E-state index contributed by atoms with van der Waals surface area (Å²) in [6.07, 6.45) is -1.83. The third-order valence-electron chi connectivity index (χ3n) is 6.94. The van der Waals surface area contributed by atoms with Crippen molar-refractivity contribution in [3.63, 3.8) is 0 Å². The van der Waals surface area contributed by atoms with Gasteiger partial charge in [-0.15, -0.1) is 5.10 Å². The number of benzene rings is 3. The molecule has 1 fully saturated rings. The lowest BCUT2D eigenvalue weighted by molar-refractivity contribution is -0.137. The maximum Gasteiger partial charge on any atom is 0.416 e. The van der Waals surface area contributed by atoms with Gasteiger partial charge in [0, 0.05) is 31.3 Å². The average Bonchev–Trinajstić information content (AvgIpc) is 3.62. The fraction of sp³-hybridized carbons (Fsp3) is 0.345. The van der Waals surface area contributed by atoms with E-state index >= 15 is 0 Å². The van der Waals surface area contributed by atoms with Crippen molar-refractivity contribution in [1.82, 2.24) is 25.1 Å². The Morgan fingerprint density at radius 1 is 0.974 bits per heavy atom. The Bertz CT molecular complexity index is 1320. The molecule has 2 atom stereocenters. The standard InChI is InChI=1S/C29H29ClF3N5O/c30-25-14-8-22(9-15-25)19-37(20-26-7-4-18-39-26)27(23-10-12-24(13-11-23)29(31,32)33)28-34-35-36-38(28)17-16-21-5-2-1-3-6-21/h1-3,5-6,8-15,26-27H,4,7,16-20H2/t26-,27-/m0/s1. The van der Waals surface area contributed by atoms with Crippen molar-refractivity contribution in [2.45, 2.75) is 50.7 Å². The molecule has 3 aromatic carbocycles. The predicted octanol–water partition coefficient (Wildman–Crippen LogP) is 6.36. The topological polar surface area (TPSA) is 56.1 Å². The van der Waals surface area contributed by atoms with Crippen LogP contribution in [0.4, 0.5) is 13.2 Å². The molecule has 0 spiro atoms. The van der Waals surface area contributed by atoms with Gasteiger partial charge in [0.05, 0.1) is 17.7 Å². The lowest BCUT2D eigenvalue weighted by Crippen LogP contribution is -2.37. The lowest BCUT2D eigenvalue weighted by atomic mass is 10.0. The van der Waals surface area contributed by atoms with E-state index in [-0.39, 0.29) is 6.10 Å². The molecule has 1 saturated heterocycles. The highest BCUT2D eigenvalue weighted by Crippen LogP contribution is 2.34. The first kappa shape index (κ1) is 27.3. The molecule has 0 amide bonds.